The van der Waals surface area contributed by atoms with Crippen LogP contribution in [0.25, 0.3) is 0 Å². The third-order valence-corrected chi connectivity index (χ3v) is 2.29. The van der Waals surface area contributed by atoms with E-state index in [1.807, 2.05) is 19.1 Å². The molecule has 0 fully saturated rings. The largest absolute Gasteiger partial charge is 0.323 e. The molecule has 0 bridgehead atoms. The molecular formula is C11H12BrN. The van der Waals surface area contributed by atoms with Gasteiger partial charge in [-0.25, -0.2) is 0 Å². The van der Waals surface area contributed by atoms with Crippen molar-refractivity contribution in [3.05, 3.63) is 33.8 Å². The van der Waals surface area contributed by atoms with Gasteiger partial charge < -0.3 is 5.73 Å². The van der Waals surface area contributed by atoms with Crippen LogP contribution < -0.4 is 5.73 Å². The lowest BCUT2D eigenvalue weighted by molar-refractivity contribution is 0.753. The van der Waals surface area contributed by atoms with Crippen molar-refractivity contribution < 1.29 is 0 Å². The Morgan fingerprint density at radius 2 is 2.23 bits per heavy atom. The normalized spacial score (nSPS) is 12.2. The smallest absolute Gasteiger partial charge is 0.0406 e. The molecule has 1 unspecified atom stereocenters. The molecule has 1 aromatic rings. The average Bonchev–Trinajstić information content (AvgIpc) is 2.03. The molecule has 68 valence electrons. The summed E-state index contributed by atoms with van der Waals surface area (Å²) >= 11 is 3.43. The third kappa shape index (κ3) is 2.87. The fourth-order valence-electron chi connectivity index (χ4n) is 1.22. The predicted octanol–water partition coefficient (Wildman–Crippen LogP) is 2.78. The van der Waals surface area contributed by atoms with Crippen LogP contribution in [0, 0.1) is 19.3 Å². The number of hydrogen-bond acceptors (Lipinski definition) is 1. The molecule has 0 aliphatic rings. The standard InChI is InChI=1S/C11H12BrN/c1-3-4-11(13)9-5-8(2)6-10(12)7-9/h1,5-7,11H,4,13H2,2H3. The van der Waals surface area contributed by atoms with Gasteiger partial charge in [-0.1, -0.05) is 22.0 Å². The summed E-state index contributed by atoms with van der Waals surface area (Å²) in [4.78, 5) is 0. The number of benzene rings is 1. The van der Waals surface area contributed by atoms with Crippen molar-refractivity contribution in [1.29, 1.82) is 0 Å². The van der Waals surface area contributed by atoms with Crippen LogP contribution in [0.3, 0.4) is 0 Å². The highest BCUT2D eigenvalue weighted by Crippen LogP contribution is 2.20. The van der Waals surface area contributed by atoms with E-state index in [0.717, 1.165) is 10.0 Å². The first-order chi connectivity index (χ1) is 6.13. The Morgan fingerprint density at radius 1 is 1.54 bits per heavy atom. The molecular weight excluding hydrogens is 226 g/mol. The predicted molar refractivity (Wildman–Crippen MR) is 59.3 cm³/mol. The molecule has 13 heavy (non-hydrogen) atoms. The first kappa shape index (κ1) is 10.3. The van der Waals surface area contributed by atoms with E-state index < -0.39 is 0 Å². The van der Waals surface area contributed by atoms with E-state index in [0.29, 0.717) is 6.42 Å². The Kier molecular flexibility index (Phi) is 3.53. The van der Waals surface area contributed by atoms with Crippen LogP contribution in [0.5, 0.6) is 0 Å². The number of aryl methyl sites for hydroxylation is 1. The molecule has 1 rings (SSSR count). The zero-order valence-electron chi connectivity index (χ0n) is 7.55. The van der Waals surface area contributed by atoms with Crippen LogP contribution in [-0.4, -0.2) is 0 Å². The van der Waals surface area contributed by atoms with Gasteiger partial charge in [0.1, 0.15) is 0 Å². The topological polar surface area (TPSA) is 26.0 Å². The first-order valence-electron chi connectivity index (χ1n) is 4.09. The lowest BCUT2D eigenvalue weighted by Crippen LogP contribution is -2.09. The van der Waals surface area contributed by atoms with Crippen LogP contribution in [0.2, 0.25) is 0 Å². The number of halogens is 1. The Bertz CT molecular complexity index is 318. The van der Waals surface area contributed by atoms with Gasteiger partial charge in [0, 0.05) is 16.9 Å². The zero-order chi connectivity index (χ0) is 9.84. The van der Waals surface area contributed by atoms with E-state index in [2.05, 4.69) is 27.9 Å². The maximum atomic E-state index is 5.88. The summed E-state index contributed by atoms with van der Waals surface area (Å²) in [5.41, 5.74) is 8.16. The van der Waals surface area contributed by atoms with Crippen molar-refractivity contribution in [2.24, 2.45) is 5.73 Å². The highest BCUT2D eigenvalue weighted by molar-refractivity contribution is 9.10. The maximum Gasteiger partial charge on any atom is 0.0406 e. The van der Waals surface area contributed by atoms with E-state index in [1.54, 1.807) is 0 Å². The highest BCUT2D eigenvalue weighted by Gasteiger charge is 2.05. The van der Waals surface area contributed by atoms with Gasteiger partial charge in [-0.15, -0.1) is 12.3 Å². The summed E-state index contributed by atoms with van der Waals surface area (Å²) < 4.78 is 1.05. The Morgan fingerprint density at radius 3 is 2.77 bits per heavy atom. The van der Waals surface area contributed by atoms with Gasteiger partial charge in [0.25, 0.3) is 0 Å². The minimum atomic E-state index is -0.0544. The van der Waals surface area contributed by atoms with Crippen molar-refractivity contribution >= 4 is 15.9 Å². The number of hydrogen-bond donors (Lipinski definition) is 1. The maximum absolute atomic E-state index is 5.88. The van der Waals surface area contributed by atoms with Crippen molar-refractivity contribution in [3.8, 4) is 12.3 Å². The molecule has 0 aliphatic heterocycles. The Labute approximate surface area is 87.5 Å². The van der Waals surface area contributed by atoms with Crippen molar-refractivity contribution in [2.75, 3.05) is 0 Å². The molecule has 0 amide bonds. The van der Waals surface area contributed by atoms with Crippen molar-refractivity contribution in [1.82, 2.24) is 0 Å². The second-order valence-electron chi connectivity index (χ2n) is 3.08. The van der Waals surface area contributed by atoms with Gasteiger partial charge in [0.15, 0.2) is 0 Å². The summed E-state index contributed by atoms with van der Waals surface area (Å²) in [5.74, 6) is 2.56. The van der Waals surface area contributed by atoms with Crippen molar-refractivity contribution in [2.45, 2.75) is 19.4 Å². The van der Waals surface area contributed by atoms with Gasteiger partial charge in [-0.05, 0) is 30.2 Å². The van der Waals surface area contributed by atoms with Crippen molar-refractivity contribution in [3.63, 3.8) is 0 Å². The number of nitrogens with two attached hydrogens (primary N) is 1. The molecule has 0 aromatic heterocycles. The number of terminal acetylenes is 1. The summed E-state index contributed by atoms with van der Waals surface area (Å²) in [6.45, 7) is 2.04. The average molecular weight is 238 g/mol. The first-order valence-corrected chi connectivity index (χ1v) is 4.89. The van der Waals surface area contributed by atoms with E-state index in [1.165, 1.54) is 5.56 Å². The Balaban J connectivity index is 2.95. The molecule has 0 saturated carbocycles. The molecule has 1 aromatic carbocycles. The molecule has 0 spiro atoms. The molecule has 0 radical (unpaired) electrons. The monoisotopic (exact) mass is 237 g/mol. The number of rotatable bonds is 2. The summed E-state index contributed by atoms with van der Waals surface area (Å²) in [5, 5.41) is 0. The van der Waals surface area contributed by atoms with Gasteiger partial charge >= 0.3 is 0 Å². The van der Waals surface area contributed by atoms with E-state index in [9.17, 15) is 0 Å². The minimum absolute atomic E-state index is 0.0544. The van der Waals surface area contributed by atoms with Crippen LogP contribution in [0.15, 0.2) is 22.7 Å². The van der Waals surface area contributed by atoms with Gasteiger partial charge in [0.05, 0.1) is 0 Å². The van der Waals surface area contributed by atoms with Crippen LogP contribution in [0.4, 0.5) is 0 Å². The minimum Gasteiger partial charge on any atom is -0.323 e. The highest BCUT2D eigenvalue weighted by atomic mass is 79.9. The summed E-state index contributed by atoms with van der Waals surface area (Å²) in [6, 6.07) is 6.06. The molecule has 1 nitrogen and oxygen atoms in total. The van der Waals surface area contributed by atoms with Gasteiger partial charge in [-0.2, -0.15) is 0 Å². The van der Waals surface area contributed by atoms with E-state index in [4.69, 9.17) is 12.2 Å². The molecule has 0 saturated heterocycles. The SMILES string of the molecule is C#CCC(N)c1cc(C)cc(Br)c1. The van der Waals surface area contributed by atoms with Gasteiger partial charge in [0.2, 0.25) is 0 Å². The zero-order valence-corrected chi connectivity index (χ0v) is 9.14. The lowest BCUT2D eigenvalue weighted by Gasteiger charge is -2.09. The molecule has 2 N–H and O–H groups in total. The van der Waals surface area contributed by atoms with Gasteiger partial charge in [-0.3, -0.25) is 0 Å². The van der Waals surface area contributed by atoms with Crippen LogP contribution in [-0.2, 0) is 0 Å². The second kappa shape index (κ2) is 4.45. The third-order valence-electron chi connectivity index (χ3n) is 1.83. The fourth-order valence-corrected chi connectivity index (χ4v) is 1.85. The quantitative estimate of drug-likeness (QED) is 0.787. The summed E-state index contributed by atoms with van der Waals surface area (Å²) in [7, 11) is 0. The molecule has 0 heterocycles. The molecule has 0 aliphatic carbocycles. The fraction of sp³-hybridized carbons (Fsp3) is 0.273. The van der Waals surface area contributed by atoms with Crippen LogP contribution >= 0.6 is 15.9 Å². The van der Waals surface area contributed by atoms with Crippen LogP contribution in [0.1, 0.15) is 23.6 Å². The Hall–Kier alpha value is -0.780. The lowest BCUT2D eigenvalue weighted by atomic mass is 10.0. The second-order valence-corrected chi connectivity index (χ2v) is 3.99. The van der Waals surface area contributed by atoms with E-state index >= 15 is 0 Å². The molecule has 2 heteroatoms. The van der Waals surface area contributed by atoms with E-state index in [-0.39, 0.29) is 6.04 Å². The molecule has 1 atom stereocenters. The summed E-state index contributed by atoms with van der Waals surface area (Å²) in [6.07, 6.45) is 5.78.